The summed E-state index contributed by atoms with van der Waals surface area (Å²) >= 11 is 3.40. The average molecular weight is 297 g/mol. The number of rotatable bonds is 3. The van der Waals surface area contributed by atoms with Gasteiger partial charge in [-0.2, -0.15) is 5.10 Å². The molecule has 0 aromatic carbocycles. The van der Waals surface area contributed by atoms with Gasteiger partial charge in [-0.15, -0.1) is 0 Å². The Labute approximate surface area is 110 Å². The molecule has 1 heterocycles. The van der Waals surface area contributed by atoms with Gasteiger partial charge in [-0.3, -0.25) is 9.48 Å². The van der Waals surface area contributed by atoms with E-state index in [4.69, 9.17) is 0 Å². The lowest BCUT2D eigenvalue weighted by Crippen LogP contribution is -2.17. The van der Waals surface area contributed by atoms with Gasteiger partial charge in [0.15, 0.2) is 5.78 Å². The van der Waals surface area contributed by atoms with Crippen LogP contribution < -0.4 is 0 Å². The summed E-state index contributed by atoms with van der Waals surface area (Å²) in [6.07, 6.45) is 7.78. The maximum Gasteiger partial charge on any atom is 0.182 e. The number of hydrogen-bond donors (Lipinski definition) is 0. The SMILES string of the molecule is Cn1ncc(Br)c1C(=O)CC1CC2CCC1C2. The molecule has 17 heavy (non-hydrogen) atoms. The molecule has 92 valence electrons. The molecule has 3 nitrogen and oxygen atoms in total. The molecule has 0 saturated heterocycles. The first-order chi connectivity index (χ1) is 8.15. The third-order valence-corrected chi connectivity index (χ3v) is 5.07. The molecule has 1 aromatic rings. The van der Waals surface area contributed by atoms with Crippen LogP contribution in [-0.2, 0) is 7.05 Å². The maximum atomic E-state index is 12.3. The van der Waals surface area contributed by atoms with Gasteiger partial charge in [-0.05, 0) is 52.9 Å². The van der Waals surface area contributed by atoms with Crippen LogP contribution in [0.25, 0.3) is 0 Å². The van der Waals surface area contributed by atoms with E-state index in [-0.39, 0.29) is 5.78 Å². The van der Waals surface area contributed by atoms with Gasteiger partial charge in [0, 0.05) is 13.5 Å². The molecular weight excluding hydrogens is 280 g/mol. The number of fused-ring (bicyclic) bond motifs is 2. The number of hydrogen-bond acceptors (Lipinski definition) is 2. The third-order valence-electron chi connectivity index (χ3n) is 4.49. The maximum absolute atomic E-state index is 12.3. The highest BCUT2D eigenvalue weighted by atomic mass is 79.9. The largest absolute Gasteiger partial charge is 0.292 e. The zero-order chi connectivity index (χ0) is 12.0. The molecule has 0 radical (unpaired) electrons. The van der Waals surface area contributed by atoms with Crippen molar-refractivity contribution in [3.8, 4) is 0 Å². The van der Waals surface area contributed by atoms with E-state index in [2.05, 4.69) is 21.0 Å². The highest BCUT2D eigenvalue weighted by Crippen LogP contribution is 2.49. The smallest absolute Gasteiger partial charge is 0.182 e. The van der Waals surface area contributed by atoms with Crippen molar-refractivity contribution in [2.45, 2.75) is 32.1 Å². The Morgan fingerprint density at radius 3 is 2.88 bits per heavy atom. The van der Waals surface area contributed by atoms with Crippen molar-refractivity contribution < 1.29 is 4.79 Å². The van der Waals surface area contributed by atoms with E-state index in [1.54, 1.807) is 10.9 Å². The number of ketones is 1. The summed E-state index contributed by atoms with van der Waals surface area (Å²) in [5.74, 6) is 2.60. The summed E-state index contributed by atoms with van der Waals surface area (Å²) < 4.78 is 2.51. The molecule has 3 unspecified atom stereocenters. The molecule has 3 atom stereocenters. The molecule has 0 amide bonds. The highest BCUT2D eigenvalue weighted by molar-refractivity contribution is 9.10. The molecule has 0 spiro atoms. The molecule has 2 fully saturated rings. The number of Topliss-reactive ketones (excluding diaryl/α,β-unsaturated/α-hetero) is 1. The van der Waals surface area contributed by atoms with Crippen molar-refractivity contribution in [2.24, 2.45) is 24.8 Å². The van der Waals surface area contributed by atoms with Crippen LogP contribution in [0.15, 0.2) is 10.7 Å². The van der Waals surface area contributed by atoms with Crippen LogP contribution >= 0.6 is 15.9 Å². The third kappa shape index (κ3) is 1.96. The number of halogens is 1. The summed E-state index contributed by atoms with van der Waals surface area (Å²) in [4.78, 5) is 12.3. The minimum absolute atomic E-state index is 0.245. The molecule has 1 aromatic heterocycles. The minimum Gasteiger partial charge on any atom is -0.292 e. The Morgan fingerprint density at radius 1 is 1.53 bits per heavy atom. The average Bonchev–Trinajstić information content (AvgIpc) is 2.94. The zero-order valence-corrected chi connectivity index (χ0v) is 11.6. The van der Waals surface area contributed by atoms with Crippen LogP contribution in [-0.4, -0.2) is 15.6 Å². The van der Waals surface area contributed by atoms with Crippen molar-refractivity contribution in [1.29, 1.82) is 0 Å². The van der Waals surface area contributed by atoms with Crippen LogP contribution in [0.5, 0.6) is 0 Å². The molecule has 2 aliphatic rings. The zero-order valence-electron chi connectivity index (χ0n) is 10.0. The van der Waals surface area contributed by atoms with Crippen LogP contribution in [0.3, 0.4) is 0 Å². The predicted octanol–water partition coefficient (Wildman–Crippen LogP) is 3.19. The first-order valence-electron chi connectivity index (χ1n) is 6.36. The molecule has 2 saturated carbocycles. The van der Waals surface area contributed by atoms with Crippen LogP contribution in [0, 0.1) is 17.8 Å². The second kappa shape index (κ2) is 4.23. The van der Waals surface area contributed by atoms with Crippen molar-refractivity contribution in [3.63, 3.8) is 0 Å². The lowest BCUT2D eigenvalue weighted by molar-refractivity contribution is 0.0934. The molecular formula is C13H17BrN2O. The Kier molecular flexibility index (Phi) is 2.85. The first kappa shape index (κ1) is 11.5. The van der Waals surface area contributed by atoms with Crippen molar-refractivity contribution in [2.75, 3.05) is 0 Å². The minimum atomic E-state index is 0.245. The quantitative estimate of drug-likeness (QED) is 0.803. The van der Waals surface area contributed by atoms with Gasteiger partial charge in [0.25, 0.3) is 0 Å². The first-order valence-corrected chi connectivity index (χ1v) is 7.15. The fraction of sp³-hybridized carbons (Fsp3) is 0.692. The van der Waals surface area contributed by atoms with Gasteiger partial charge in [-0.1, -0.05) is 6.42 Å². The topological polar surface area (TPSA) is 34.9 Å². The number of aromatic nitrogens is 2. The second-order valence-electron chi connectivity index (χ2n) is 5.53. The van der Waals surface area contributed by atoms with Crippen molar-refractivity contribution in [3.05, 3.63) is 16.4 Å². The lowest BCUT2D eigenvalue weighted by atomic mass is 9.85. The standard InChI is InChI=1S/C13H17BrN2O/c1-16-13(11(14)7-15-16)12(17)6-10-5-8-2-3-9(10)4-8/h7-10H,2-6H2,1H3. The van der Waals surface area contributed by atoms with E-state index in [9.17, 15) is 4.79 Å². The predicted molar refractivity (Wildman–Crippen MR) is 68.8 cm³/mol. The van der Waals surface area contributed by atoms with Crippen LogP contribution in [0.1, 0.15) is 42.6 Å². The molecule has 2 aliphatic carbocycles. The highest BCUT2D eigenvalue weighted by Gasteiger charge is 2.40. The summed E-state index contributed by atoms with van der Waals surface area (Å²) in [5, 5.41) is 4.11. The second-order valence-corrected chi connectivity index (χ2v) is 6.38. The number of aryl methyl sites for hydroxylation is 1. The summed E-state index contributed by atoms with van der Waals surface area (Å²) in [7, 11) is 1.83. The van der Waals surface area contributed by atoms with Gasteiger partial charge in [0.1, 0.15) is 5.69 Å². The molecule has 3 rings (SSSR count). The van der Waals surface area contributed by atoms with Gasteiger partial charge in [0.05, 0.1) is 10.7 Å². The normalized spacial score (nSPS) is 31.1. The number of carbonyl (C=O) groups is 1. The van der Waals surface area contributed by atoms with Gasteiger partial charge >= 0.3 is 0 Å². The van der Waals surface area contributed by atoms with E-state index < -0.39 is 0 Å². The van der Waals surface area contributed by atoms with Crippen LogP contribution in [0.4, 0.5) is 0 Å². The van der Waals surface area contributed by atoms with Crippen molar-refractivity contribution in [1.82, 2.24) is 9.78 Å². The Morgan fingerprint density at radius 2 is 2.35 bits per heavy atom. The molecule has 0 N–H and O–H groups in total. The Hall–Kier alpha value is -0.640. The van der Waals surface area contributed by atoms with Crippen molar-refractivity contribution >= 4 is 21.7 Å². The summed E-state index contributed by atoms with van der Waals surface area (Å²) in [5.41, 5.74) is 0.729. The summed E-state index contributed by atoms with van der Waals surface area (Å²) in [6, 6.07) is 0. The van der Waals surface area contributed by atoms with E-state index in [1.165, 1.54) is 25.7 Å². The van der Waals surface area contributed by atoms with E-state index in [0.717, 1.165) is 22.0 Å². The monoisotopic (exact) mass is 296 g/mol. The van der Waals surface area contributed by atoms with Gasteiger partial charge in [-0.25, -0.2) is 0 Å². The number of nitrogens with zero attached hydrogens (tertiary/aromatic N) is 2. The van der Waals surface area contributed by atoms with Gasteiger partial charge in [0.2, 0.25) is 0 Å². The lowest BCUT2D eigenvalue weighted by Gasteiger charge is -2.20. The fourth-order valence-corrected chi connectivity index (χ4v) is 4.25. The van der Waals surface area contributed by atoms with E-state index in [0.29, 0.717) is 12.3 Å². The fourth-order valence-electron chi connectivity index (χ4n) is 3.69. The van der Waals surface area contributed by atoms with Gasteiger partial charge < -0.3 is 0 Å². The van der Waals surface area contributed by atoms with Crippen LogP contribution in [0.2, 0.25) is 0 Å². The Balaban J connectivity index is 1.72. The molecule has 4 heteroatoms. The van der Waals surface area contributed by atoms with E-state index >= 15 is 0 Å². The molecule has 0 aliphatic heterocycles. The summed E-state index contributed by atoms with van der Waals surface area (Å²) in [6.45, 7) is 0. The Bertz CT molecular complexity index is 435. The van der Waals surface area contributed by atoms with E-state index in [1.807, 2.05) is 7.05 Å². The molecule has 2 bridgehead atoms. The number of carbonyl (C=O) groups excluding carboxylic acids is 1.